The van der Waals surface area contributed by atoms with Gasteiger partial charge in [-0.05, 0) is 31.0 Å². The summed E-state index contributed by atoms with van der Waals surface area (Å²) in [6, 6.07) is 4.54. The topological polar surface area (TPSA) is 92.7 Å². The number of aromatic nitrogens is 2. The monoisotopic (exact) mass is 430 g/mol. The number of ether oxygens (including phenoxy) is 1. The molecule has 0 N–H and O–H groups in total. The van der Waals surface area contributed by atoms with Crippen molar-refractivity contribution in [1.82, 2.24) is 13.9 Å². The van der Waals surface area contributed by atoms with Crippen molar-refractivity contribution in [2.75, 3.05) is 32.1 Å². The summed E-state index contributed by atoms with van der Waals surface area (Å²) in [7, 11) is -0.786. The molecular formula is C16H19ClN4O4S2. The van der Waals surface area contributed by atoms with Crippen LogP contribution >= 0.6 is 23.1 Å². The average Bonchev–Trinajstić information content (AvgIpc) is 3.30. The summed E-state index contributed by atoms with van der Waals surface area (Å²) in [5, 5.41) is 3.81. The molecule has 11 heteroatoms. The maximum atomic E-state index is 12.7. The lowest BCUT2D eigenvalue weighted by Gasteiger charge is -2.22. The molecule has 2 heterocycles. The molecule has 0 atom stereocenters. The highest BCUT2D eigenvalue weighted by Gasteiger charge is 2.25. The molecule has 2 aromatic rings. The van der Waals surface area contributed by atoms with Crippen LogP contribution in [0.15, 0.2) is 23.1 Å². The number of sulfonamides is 1. The Balaban J connectivity index is 1.93. The van der Waals surface area contributed by atoms with E-state index in [-0.39, 0.29) is 17.1 Å². The Hall–Kier alpha value is -1.75. The number of hydrogen-bond donors (Lipinski definition) is 0. The summed E-state index contributed by atoms with van der Waals surface area (Å²) in [4.78, 5) is 14.8. The Bertz CT molecular complexity index is 940. The molecule has 1 aliphatic heterocycles. The van der Waals surface area contributed by atoms with Gasteiger partial charge in [0.1, 0.15) is 16.6 Å². The summed E-state index contributed by atoms with van der Waals surface area (Å²) < 4.78 is 35.4. The van der Waals surface area contributed by atoms with Gasteiger partial charge < -0.3 is 9.64 Å². The number of carbonyl (C=O) groups excluding carboxylic acids is 1. The summed E-state index contributed by atoms with van der Waals surface area (Å²) in [6.07, 6.45) is 2.04. The number of anilines is 1. The van der Waals surface area contributed by atoms with Gasteiger partial charge in [-0.25, -0.2) is 17.5 Å². The minimum Gasteiger partial charge on any atom is -0.455 e. The van der Waals surface area contributed by atoms with Crippen LogP contribution in [0.25, 0.3) is 0 Å². The first-order valence-electron chi connectivity index (χ1n) is 8.26. The van der Waals surface area contributed by atoms with Crippen LogP contribution in [0.3, 0.4) is 0 Å². The fourth-order valence-electron chi connectivity index (χ4n) is 2.78. The third kappa shape index (κ3) is 4.23. The van der Waals surface area contributed by atoms with Gasteiger partial charge in [0.05, 0.1) is 16.1 Å². The molecule has 0 radical (unpaired) electrons. The van der Waals surface area contributed by atoms with Crippen LogP contribution < -0.4 is 4.90 Å². The van der Waals surface area contributed by atoms with E-state index in [1.165, 1.54) is 26.2 Å². The molecule has 0 amide bonds. The van der Waals surface area contributed by atoms with Crippen molar-refractivity contribution in [1.29, 1.82) is 0 Å². The average molecular weight is 431 g/mol. The van der Waals surface area contributed by atoms with Gasteiger partial charge in [-0.1, -0.05) is 16.1 Å². The second-order valence-corrected chi connectivity index (χ2v) is 9.74. The summed E-state index contributed by atoms with van der Waals surface area (Å²) in [6.45, 7) is 1.49. The van der Waals surface area contributed by atoms with E-state index < -0.39 is 16.0 Å². The van der Waals surface area contributed by atoms with Gasteiger partial charge in [0.15, 0.2) is 0 Å². The molecule has 1 aromatic carbocycles. The maximum absolute atomic E-state index is 12.7. The first kappa shape index (κ1) is 20.0. The highest BCUT2D eigenvalue weighted by Crippen LogP contribution is 2.29. The van der Waals surface area contributed by atoms with E-state index in [0.717, 1.165) is 41.8 Å². The first-order chi connectivity index (χ1) is 12.8. The molecular weight excluding hydrogens is 412 g/mol. The summed E-state index contributed by atoms with van der Waals surface area (Å²) in [5.74, 6) is -0.628. The van der Waals surface area contributed by atoms with E-state index in [1.54, 1.807) is 6.07 Å². The molecule has 0 spiro atoms. The third-order valence-corrected chi connectivity index (χ3v) is 7.06. The smallest absolute Gasteiger partial charge is 0.340 e. The molecule has 1 aliphatic rings. The highest BCUT2D eigenvalue weighted by atomic mass is 35.5. The Morgan fingerprint density at radius 1 is 1.33 bits per heavy atom. The van der Waals surface area contributed by atoms with Crippen LogP contribution in [-0.4, -0.2) is 55.5 Å². The lowest BCUT2D eigenvalue weighted by molar-refractivity contribution is 0.0468. The summed E-state index contributed by atoms with van der Waals surface area (Å²) in [5.41, 5.74) is 1.24. The zero-order valence-corrected chi connectivity index (χ0v) is 17.3. The van der Waals surface area contributed by atoms with Crippen LogP contribution in [0.5, 0.6) is 0 Å². The molecule has 27 heavy (non-hydrogen) atoms. The molecule has 0 aliphatic carbocycles. The second-order valence-electron chi connectivity index (χ2n) is 6.23. The number of hydrogen-bond acceptors (Lipinski definition) is 8. The molecule has 0 saturated carbocycles. The zero-order chi connectivity index (χ0) is 19.6. The van der Waals surface area contributed by atoms with Crippen molar-refractivity contribution in [3.63, 3.8) is 0 Å². The van der Waals surface area contributed by atoms with Gasteiger partial charge in [0, 0.05) is 38.7 Å². The molecule has 1 saturated heterocycles. The van der Waals surface area contributed by atoms with Gasteiger partial charge >= 0.3 is 5.97 Å². The number of halogens is 1. The molecule has 3 rings (SSSR count). The van der Waals surface area contributed by atoms with E-state index in [9.17, 15) is 13.2 Å². The number of nitrogens with zero attached hydrogens (tertiary/aromatic N) is 4. The van der Waals surface area contributed by atoms with E-state index in [4.69, 9.17) is 16.3 Å². The van der Waals surface area contributed by atoms with Crippen molar-refractivity contribution >= 4 is 44.8 Å². The third-order valence-electron chi connectivity index (χ3n) is 4.26. The second kappa shape index (κ2) is 8.09. The van der Waals surface area contributed by atoms with E-state index in [2.05, 4.69) is 14.5 Å². The van der Waals surface area contributed by atoms with Gasteiger partial charge in [-0.3, -0.25) is 0 Å². The number of benzene rings is 1. The Labute approximate surface area is 166 Å². The highest BCUT2D eigenvalue weighted by molar-refractivity contribution is 7.89. The van der Waals surface area contributed by atoms with Gasteiger partial charge in [0.25, 0.3) is 0 Å². The van der Waals surface area contributed by atoms with E-state index in [1.807, 2.05) is 0 Å². The van der Waals surface area contributed by atoms with Crippen LogP contribution in [-0.2, 0) is 21.4 Å². The van der Waals surface area contributed by atoms with Crippen LogP contribution in [0.1, 0.15) is 28.9 Å². The van der Waals surface area contributed by atoms with Crippen LogP contribution in [0.2, 0.25) is 4.34 Å². The zero-order valence-electron chi connectivity index (χ0n) is 14.9. The van der Waals surface area contributed by atoms with Crippen molar-refractivity contribution in [3.05, 3.63) is 33.8 Å². The number of carbonyl (C=O) groups is 1. The summed E-state index contributed by atoms with van der Waals surface area (Å²) >= 11 is 6.94. The van der Waals surface area contributed by atoms with E-state index in [0.29, 0.717) is 15.7 Å². The molecule has 146 valence electrons. The van der Waals surface area contributed by atoms with E-state index >= 15 is 0 Å². The Morgan fingerprint density at radius 2 is 2.04 bits per heavy atom. The lowest BCUT2D eigenvalue weighted by atomic mass is 10.1. The molecule has 1 fully saturated rings. The Kier molecular flexibility index (Phi) is 5.99. The van der Waals surface area contributed by atoms with Crippen molar-refractivity contribution in [2.45, 2.75) is 24.3 Å². The molecule has 0 unspecified atom stereocenters. The minimum absolute atomic E-state index is 0.0377. The van der Waals surface area contributed by atoms with Gasteiger partial charge in [0.2, 0.25) is 10.0 Å². The first-order valence-corrected chi connectivity index (χ1v) is 10.8. The number of esters is 1. The quantitative estimate of drug-likeness (QED) is 0.649. The maximum Gasteiger partial charge on any atom is 0.340 e. The van der Waals surface area contributed by atoms with Gasteiger partial charge in [-0.15, -0.1) is 5.10 Å². The van der Waals surface area contributed by atoms with Gasteiger partial charge in [-0.2, -0.15) is 0 Å². The predicted molar refractivity (Wildman–Crippen MR) is 103 cm³/mol. The SMILES string of the molecule is CN(C)S(=O)(=O)c1ccc(N2CCCC2)c(C(=O)OCc2nnsc2Cl)c1. The van der Waals surface area contributed by atoms with Crippen molar-refractivity contribution < 1.29 is 17.9 Å². The van der Waals surface area contributed by atoms with Crippen LogP contribution in [0.4, 0.5) is 5.69 Å². The Morgan fingerprint density at radius 3 is 2.63 bits per heavy atom. The normalized spacial score (nSPS) is 14.7. The number of rotatable bonds is 6. The fraction of sp³-hybridized carbons (Fsp3) is 0.438. The molecule has 0 bridgehead atoms. The molecule has 1 aromatic heterocycles. The lowest BCUT2D eigenvalue weighted by Crippen LogP contribution is -2.24. The standard InChI is InChI=1S/C16H19ClN4O4S2/c1-20(2)27(23,24)11-5-6-14(21-7-3-4-8-21)12(9-11)16(22)25-10-13-15(17)26-19-18-13/h5-6,9H,3-4,7-8,10H2,1-2H3. The minimum atomic E-state index is -3.67. The van der Waals surface area contributed by atoms with Crippen molar-refractivity contribution in [3.8, 4) is 0 Å². The molecule has 8 nitrogen and oxygen atoms in total. The predicted octanol–water partition coefficient (Wildman–Crippen LogP) is 2.40. The van der Waals surface area contributed by atoms with Crippen LogP contribution in [0, 0.1) is 0 Å². The van der Waals surface area contributed by atoms with Crippen molar-refractivity contribution in [2.24, 2.45) is 0 Å². The fourth-order valence-corrected chi connectivity index (χ4v) is 4.31. The largest absolute Gasteiger partial charge is 0.455 e.